The molecular weight excluding hydrogens is 325 g/mol. The van der Waals surface area contributed by atoms with E-state index in [2.05, 4.69) is 0 Å². The SMILES string of the molecule is C[C@@]12CCCN1C(=O)N(C1CCN(Cc3ccc(F)cc3)C1=O)C2=O. The van der Waals surface area contributed by atoms with Crippen LogP contribution in [0.3, 0.4) is 0 Å². The highest BCUT2D eigenvalue weighted by atomic mass is 19.1. The summed E-state index contributed by atoms with van der Waals surface area (Å²) in [4.78, 5) is 42.6. The highest BCUT2D eigenvalue weighted by Gasteiger charge is 2.59. The van der Waals surface area contributed by atoms with Crippen molar-refractivity contribution in [3.8, 4) is 0 Å². The zero-order chi connectivity index (χ0) is 17.8. The minimum absolute atomic E-state index is 0.212. The molecule has 132 valence electrons. The van der Waals surface area contributed by atoms with E-state index >= 15 is 0 Å². The molecule has 1 aromatic carbocycles. The van der Waals surface area contributed by atoms with Crippen LogP contribution in [0.1, 0.15) is 31.7 Å². The van der Waals surface area contributed by atoms with Crippen LogP contribution in [0.4, 0.5) is 9.18 Å². The standard InChI is InChI=1S/C18H20FN3O3/c1-18-8-2-9-21(18)17(25)22(16(18)24)14-7-10-20(15(14)23)11-12-3-5-13(19)6-4-12/h3-6,14H,2,7-11H2,1H3/t14?,18-/m0/s1. The predicted molar refractivity (Wildman–Crippen MR) is 86.8 cm³/mol. The number of carbonyl (C=O) groups excluding carboxylic acids is 3. The van der Waals surface area contributed by atoms with Crippen LogP contribution < -0.4 is 0 Å². The van der Waals surface area contributed by atoms with Crippen LogP contribution >= 0.6 is 0 Å². The van der Waals surface area contributed by atoms with Gasteiger partial charge in [-0.15, -0.1) is 0 Å². The van der Waals surface area contributed by atoms with E-state index in [4.69, 9.17) is 0 Å². The fourth-order valence-electron chi connectivity index (χ4n) is 4.17. The topological polar surface area (TPSA) is 60.9 Å². The summed E-state index contributed by atoms with van der Waals surface area (Å²) in [5.41, 5.74) is 0.0314. The number of imide groups is 1. The third-order valence-corrected chi connectivity index (χ3v) is 5.63. The summed E-state index contributed by atoms with van der Waals surface area (Å²) in [5, 5.41) is 0. The molecule has 3 fully saturated rings. The van der Waals surface area contributed by atoms with Crippen LogP contribution in [0, 0.1) is 5.82 Å². The maximum Gasteiger partial charge on any atom is 0.328 e. The molecule has 1 aromatic rings. The first-order valence-electron chi connectivity index (χ1n) is 8.60. The molecule has 0 radical (unpaired) electrons. The Labute approximate surface area is 145 Å². The number of nitrogens with zero attached hydrogens (tertiary/aromatic N) is 3. The van der Waals surface area contributed by atoms with E-state index in [9.17, 15) is 18.8 Å². The second kappa shape index (κ2) is 5.54. The molecule has 0 aliphatic carbocycles. The number of fused-ring (bicyclic) bond motifs is 1. The van der Waals surface area contributed by atoms with Crippen molar-refractivity contribution in [2.45, 2.75) is 44.3 Å². The van der Waals surface area contributed by atoms with E-state index in [1.165, 1.54) is 17.0 Å². The Morgan fingerprint density at radius 2 is 1.88 bits per heavy atom. The first kappa shape index (κ1) is 16.1. The molecule has 0 saturated carbocycles. The second-order valence-corrected chi connectivity index (χ2v) is 7.18. The van der Waals surface area contributed by atoms with Crippen LogP contribution in [0.15, 0.2) is 24.3 Å². The van der Waals surface area contributed by atoms with Gasteiger partial charge in [0, 0.05) is 19.6 Å². The third kappa shape index (κ3) is 2.33. The van der Waals surface area contributed by atoms with Crippen molar-refractivity contribution in [1.29, 1.82) is 0 Å². The lowest BCUT2D eigenvalue weighted by molar-refractivity contribution is -0.140. The summed E-state index contributed by atoms with van der Waals surface area (Å²) < 4.78 is 13.0. The molecule has 7 heteroatoms. The zero-order valence-electron chi connectivity index (χ0n) is 14.1. The predicted octanol–water partition coefficient (Wildman–Crippen LogP) is 1.74. The molecule has 0 spiro atoms. The van der Waals surface area contributed by atoms with Gasteiger partial charge in [-0.25, -0.2) is 14.1 Å². The molecule has 0 aromatic heterocycles. The van der Waals surface area contributed by atoms with Crippen LogP contribution in [-0.4, -0.2) is 57.2 Å². The largest absolute Gasteiger partial charge is 0.336 e. The molecule has 6 nitrogen and oxygen atoms in total. The summed E-state index contributed by atoms with van der Waals surface area (Å²) in [6.07, 6.45) is 1.91. The number of urea groups is 1. The molecular formula is C18H20FN3O3. The maximum absolute atomic E-state index is 13.0. The highest BCUT2D eigenvalue weighted by Crippen LogP contribution is 2.39. The van der Waals surface area contributed by atoms with Gasteiger partial charge >= 0.3 is 6.03 Å². The van der Waals surface area contributed by atoms with Gasteiger partial charge in [-0.1, -0.05) is 12.1 Å². The molecule has 0 bridgehead atoms. The zero-order valence-corrected chi connectivity index (χ0v) is 14.1. The molecule has 3 heterocycles. The lowest BCUT2D eigenvalue weighted by Crippen LogP contribution is -2.47. The van der Waals surface area contributed by atoms with Crippen LogP contribution in [0.25, 0.3) is 0 Å². The van der Waals surface area contributed by atoms with Gasteiger partial charge in [-0.3, -0.25) is 9.59 Å². The van der Waals surface area contributed by atoms with Crippen molar-refractivity contribution in [2.75, 3.05) is 13.1 Å². The number of halogens is 1. The van der Waals surface area contributed by atoms with E-state index < -0.39 is 11.6 Å². The average Bonchev–Trinajstić information content (AvgIpc) is 3.19. The molecule has 3 saturated heterocycles. The summed E-state index contributed by atoms with van der Waals surface area (Å²) in [6, 6.07) is 4.93. The number of amides is 4. The van der Waals surface area contributed by atoms with Gasteiger partial charge in [0.05, 0.1) is 0 Å². The Morgan fingerprint density at radius 3 is 2.56 bits per heavy atom. The van der Waals surface area contributed by atoms with Gasteiger partial charge in [0.1, 0.15) is 17.4 Å². The van der Waals surface area contributed by atoms with Gasteiger partial charge < -0.3 is 9.80 Å². The molecule has 0 N–H and O–H groups in total. The van der Waals surface area contributed by atoms with Crippen molar-refractivity contribution < 1.29 is 18.8 Å². The van der Waals surface area contributed by atoms with E-state index in [0.717, 1.165) is 12.0 Å². The molecule has 3 aliphatic rings. The van der Waals surface area contributed by atoms with Crippen LogP contribution in [0.2, 0.25) is 0 Å². The number of hydrogen-bond donors (Lipinski definition) is 0. The normalized spacial score (nSPS) is 29.1. The second-order valence-electron chi connectivity index (χ2n) is 7.18. The quantitative estimate of drug-likeness (QED) is 0.784. The van der Waals surface area contributed by atoms with Gasteiger partial charge in [-0.2, -0.15) is 0 Å². The Balaban J connectivity index is 1.51. The summed E-state index contributed by atoms with van der Waals surface area (Å²) >= 11 is 0. The summed E-state index contributed by atoms with van der Waals surface area (Å²) in [7, 11) is 0. The first-order valence-corrected chi connectivity index (χ1v) is 8.60. The fraction of sp³-hybridized carbons (Fsp3) is 0.500. The average molecular weight is 345 g/mol. The molecule has 3 aliphatic heterocycles. The first-order chi connectivity index (χ1) is 11.9. The van der Waals surface area contributed by atoms with Crippen LogP contribution in [-0.2, 0) is 16.1 Å². The Kier molecular flexibility index (Phi) is 3.56. The highest BCUT2D eigenvalue weighted by molar-refractivity contribution is 6.10. The van der Waals surface area contributed by atoms with E-state index in [1.807, 2.05) is 0 Å². The van der Waals surface area contributed by atoms with Gasteiger partial charge in [0.15, 0.2) is 0 Å². The number of benzene rings is 1. The number of carbonyl (C=O) groups is 3. The number of rotatable bonds is 3. The minimum Gasteiger partial charge on any atom is -0.336 e. The molecule has 1 unspecified atom stereocenters. The van der Waals surface area contributed by atoms with Gasteiger partial charge in [0.2, 0.25) is 5.91 Å². The van der Waals surface area contributed by atoms with E-state index in [0.29, 0.717) is 32.5 Å². The van der Waals surface area contributed by atoms with Crippen LogP contribution in [0.5, 0.6) is 0 Å². The summed E-state index contributed by atoms with van der Waals surface area (Å²) in [6.45, 7) is 3.19. The van der Waals surface area contributed by atoms with Crippen molar-refractivity contribution >= 4 is 17.8 Å². The van der Waals surface area contributed by atoms with Crippen molar-refractivity contribution in [1.82, 2.24) is 14.7 Å². The lowest BCUT2D eigenvalue weighted by atomic mass is 9.99. The van der Waals surface area contributed by atoms with Gasteiger partial charge in [0.25, 0.3) is 5.91 Å². The Bertz CT molecular complexity index is 750. The molecule has 4 rings (SSSR count). The Hall–Kier alpha value is -2.44. The van der Waals surface area contributed by atoms with E-state index in [-0.39, 0.29) is 23.7 Å². The maximum atomic E-state index is 13.0. The lowest BCUT2D eigenvalue weighted by Gasteiger charge is -2.23. The minimum atomic E-state index is -0.790. The number of likely N-dealkylation sites (tertiary alicyclic amines) is 1. The molecule has 25 heavy (non-hydrogen) atoms. The van der Waals surface area contributed by atoms with Crippen molar-refractivity contribution in [2.24, 2.45) is 0 Å². The van der Waals surface area contributed by atoms with E-state index in [1.54, 1.807) is 28.9 Å². The molecule has 2 atom stereocenters. The third-order valence-electron chi connectivity index (χ3n) is 5.63. The van der Waals surface area contributed by atoms with Crippen molar-refractivity contribution in [3.63, 3.8) is 0 Å². The summed E-state index contributed by atoms with van der Waals surface area (Å²) in [5.74, 6) is -0.788. The Morgan fingerprint density at radius 1 is 1.16 bits per heavy atom. The number of hydrogen-bond acceptors (Lipinski definition) is 3. The van der Waals surface area contributed by atoms with Gasteiger partial charge in [-0.05, 0) is 43.9 Å². The smallest absolute Gasteiger partial charge is 0.328 e. The fourth-order valence-corrected chi connectivity index (χ4v) is 4.17. The monoisotopic (exact) mass is 345 g/mol. The van der Waals surface area contributed by atoms with Crippen molar-refractivity contribution in [3.05, 3.63) is 35.6 Å². The molecule has 4 amide bonds.